The fourth-order valence-corrected chi connectivity index (χ4v) is 5.11. The highest BCUT2D eigenvalue weighted by atomic mass is 32.1. The van der Waals surface area contributed by atoms with Gasteiger partial charge in [-0.2, -0.15) is 0 Å². The number of methoxy groups -OCH3 is 2. The van der Waals surface area contributed by atoms with Crippen molar-refractivity contribution in [1.29, 1.82) is 0 Å². The molecule has 4 aromatic rings. The second-order valence-electron chi connectivity index (χ2n) is 7.74. The van der Waals surface area contributed by atoms with E-state index in [2.05, 4.69) is 33.1 Å². The number of carbonyl (C=O) groups is 1. The van der Waals surface area contributed by atoms with Gasteiger partial charge in [0.1, 0.15) is 28.5 Å². The number of ether oxygens (including phenoxy) is 2. The Morgan fingerprint density at radius 2 is 1.73 bits per heavy atom. The van der Waals surface area contributed by atoms with Crippen LogP contribution in [0.1, 0.15) is 10.4 Å². The Kier molecular flexibility index (Phi) is 5.83. The average molecular weight is 461 g/mol. The smallest absolute Gasteiger partial charge is 0.257 e. The van der Waals surface area contributed by atoms with Gasteiger partial charge in [0.15, 0.2) is 0 Å². The Morgan fingerprint density at radius 1 is 0.939 bits per heavy atom. The molecule has 168 valence electrons. The van der Waals surface area contributed by atoms with Crippen molar-refractivity contribution >= 4 is 33.3 Å². The van der Waals surface area contributed by atoms with E-state index in [1.54, 1.807) is 50.1 Å². The number of hydrogen-bond donors (Lipinski definition) is 0. The van der Waals surface area contributed by atoms with Crippen LogP contribution in [0.15, 0.2) is 60.9 Å². The van der Waals surface area contributed by atoms with Crippen molar-refractivity contribution in [2.75, 3.05) is 45.3 Å². The SMILES string of the molecule is COc1ccc(C(=O)N2CCN(c3ncnc4sc(-c5ccccc5)cc34)CC2)c(OC)c1. The van der Waals surface area contributed by atoms with E-state index in [1.807, 2.05) is 23.1 Å². The molecule has 0 radical (unpaired) electrons. The summed E-state index contributed by atoms with van der Waals surface area (Å²) in [6, 6.07) is 17.8. The second kappa shape index (κ2) is 9.07. The van der Waals surface area contributed by atoms with Crippen molar-refractivity contribution in [3.8, 4) is 21.9 Å². The number of thiophene rings is 1. The molecule has 0 bridgehead atoms. The van der Waals surface area contributed by atoms with Crippen LogP contribution in [-0.4, -0.2) is 61.2 Å². The van der Waals surface area contributed by atoms with E-state index in [0.717, 1.165) is 16.0 Å². The maximum Gasteiger partial charge on any atom is 0.257 e. The number of carbonyl (C=O) groups excluding carboxylic acids is 1. The number of fused-ring (bicyclic) bond motifs is 1. The van der Waals surface area contributed by atoms with Gasteiger partial charge in [0.25, 0.3) is 5.91 Å². The molecular formula is C25H24N4O3S. The van der Waals surface area contributed by atoms with Crippen molar-refractivity contribution in [3.05, 3.63) is 66.5 Å². The first kappa shape index (κ1) is 21.2. The van der Waals surface area contributed by atoms with Crippen LogP contribution < -0.4 is 14.4 Å². The first-order valence-electron chi connectivity index (χ1n) is 10.7. The summed E-state index contributed by atoms with van der Waals surface area (Å²) in [5, 5.41) is 1.05. The Balaban J connectivity index is 1.34. The van der Waals surface area contributed by atoms with Gasteiger partial charge in [0, 0.05) is 37.1 Å². The van der Waals surface area contributed by atoms with Crippen molar-refractivity contribution in [1.82, 2.24) is 14.9 Å². The lowest BCUT2D eigenvalue weighted by Gasteiger charge is -2.35. The van der Waals surface area contributed by atoms with Crippen molar-refractivity contribution in [2.45, 2.75) is 0 Å². The molecule has 1 aliphatic rings. The minimum Gasteiger partial charge on any atom is -0.497 e. The molecule has 1 saturated heterocycles. The van der Waals surface area contributed by atoms with E-state index in [9.17, 15) is 4.79 Å². The van der Waals surface area contributed by atoms with Crippen molar-refractivity contribution < 1.29 is 14.3 Å². The fourth-order valence-electron chi connectivity index (χ4n) is 4.11. The van der Waals surface area contributed by atoms with E-state index in [4.69, 9.17) is 9.47 Å². The standard InChI is InChI=1S/C25H24N4O3S/c1-31-18-8-9-19(21(14-18)32-2)25(30)29-12-10-28(11-13-29)23-20-15-22(17-6-4-3-5-7-17)33-24(20)27-16-26-23/h3-9,14-16H,10-13H2,1-2H3. The van der Waals surface area contributed by atoms with Crippen LogP contribution in [0.4, 0.5) is 5.82 Å². The Morgan fingerprint density at radius 3 is 2.45 bits per heavy atom. The normalized spacial score (nSPS) is 13.9. The lowest BCUT2D eigenvalue weighted by Crippen LogP contribution is -2.49. The summed E-state index contributed by atoms with van der Waals surface area (Å²) in [5.41, 5.74) is 1.72. The number of nitrogens with zero attached hydrogens (tertiary/aromatic N) is 4. The molecule has 0 aliphatic carbocycles. The van der Waals surface area contributed by atoms with Gasteiger partial charge < -0.3 is 19.3 Å². The molecule has 7 nitrogen and oxygen atoms in total. The van der Waals surface area contributed by atoms with E-state index in [-0.39, 0.29) is 5.91 Å². The predicted molar refractivity (Wildman–Crippen MR) is 131 cm³/mol. The molecule has 0 atom stereocenters. The quantitative estimate of drug-likeness (QED) is 0.441. The number of hydrogen-bond acceptors (Lipinski definition) is 7. The van der Waals surface area contributed by atoms with Gasteiger partial charge >= 0.3 is 0 Å². The number of piperazine rings is 1. The molecule has 0 N–H and O–H groups in total. The largest absolute Gasteiger partial charge is 0.497 e. The first-order chi connectivity index (χ1) is 16.2. The molecule has 1 amide bonds. The van der Waals surface area contributed by atoms with Crippen LogP contribution in [-0.2, 0) is 0 Å². The maximum atomic E-state index is 13.2. The molecule has 1 fully saturated rings. The zero-order valence-electron chi connectivity index (χ0n) is 18.5. The van der Waals surface area contributed by atoms with Gasteiger partial charge in [-0.25, -0.2) is 9.97 Å². The first-order valence-corrected chi connectivity index (χ1v) is 11.6. The summed E-state index contributed by atoms with van der Waals surface area (Å²) in [7, 11) is 3.16. The molecule has 2 aromatic carbocycles. The van der Waals surface area contributed by atoms with Gasteiger partial charge in [-0.1, -0.05) is 30.3 Å². The van der Waals surface area contributed by atoms with E-state index in [0.29, 0.717) is 43.2 Å². The predicted octanol–water partition coefficient (Wildman–Crippen LogP) is 4.34. The van der Waals surface area contributed by atoms with Crippen LogP contribution in [0.25, 0.3) is 20.7 Å². The zero-order valence-corrected chi connectivity index (χ0v) is 19.3. The summed E-state index contributed by atoms with van der Waals surface area (Å²) in [5.74, 6) is 2.06. The molecule has 5 rings (SSSR count). The number of rotatable bonds is 5. The molecule has 2 aromatic heterocycles. The number of aromatic nitrogens is 2. The number of benzene rings is 2. The molecule has 3 heterocycles. The Labute approximate surface area is 196 Å². The van der Waals surface area contributed by atoms with Crippen LogP contribution in [0, 0.1) is 0 Å². The van der Waals surface area contributed by atoms with Crippen molar-refractivity contribution in [2.24, 2.45) is 0 Å². The highest BCUT2D eigenvalue weighted by Crippen LogP contribution is 2.36. The van der Waals surface area contributed by atoms with Crippen LogP contribution in [0.3, 0.4) is 0 Å². The third-order valence-electron chi connectivity index (χ3n) is 5.87. The second-order valence-corrected chi connectivity index (χ2v) is 8.77. The van der Waals surface area contributed by atoms with Gasteiger partial charge in [-0.15, -0.1) is 11.3 Å². The molecular weight excluding hydrogens is 436 g/mol. The van der Waals surface area contributed by atoms with E-state index in [1.165, 1.54) is 10.4 Å². The highest BCUT2D eigenvalue weighted by Gasteiger charge is 2.26. The molecule has 0 spiro atoms. The fraction of sp³-hybridized carbons (Fsp3) is 0.240. The molecule has 0 saturated carbocycles. The maximum absolute atomic E-state index is 13.2. The highest BCUT2D eigenvalue weighted by molar-refractivity contribution is 7.21. The minimum atomic E-state index is -0.0381. The van der Waals surface area contributed by atoms with Crippen LogP contribution >= 0.6 is 11.3 Å². The molecule has 0 unspecified atom stereocenters. The summed E-state index contributed by atoms with van der Waals surface area (Å²) in [4.78, 5) is 28.5. The Bertz CT molecular complexity index is 1280. The summed E-state index contributed by atoms with van der Waals surface area (Å²) in [6.07, 6.45) is 1.63. The van der Waals surface area contributed by atoms with Gasteiger partial charge in [0.2, 0.25) is 0 Å². The zero-order chi connectivity index (χ0) is 22.8. The minimum absolute atomic E-state index is 0.0381. The van der Waals surface area contributed by atoms with Gasteiger partial charge in [-0.05, 0) is 23.8 Å². The monoisotopic (exact) mass is 460 g/mol. The van der Waals surface area contributed by atoms with Crippen molar-refractivity contribution in [3.63, 3.8) is 0 Å². The molecule has 33 heavy (non-hydrogen) atoms. The van der Waals surface area contributed by atoms with E-state index < -0.39 is 0 Å². The van der Waals surface area contributed by atoms with Crippen LogP contribution in [0.2, 0.25) is 0 Å². The van der Waals surface area contributed by atoms with Gasteiger partial charge in [0.05, 0.1) is 25.2 Å². The van der Waals surface area contributed by atoms with E-state index >= 15 is 0 Å². The lowest BCUT2D eigenvalue weighted by atomic mass is 10.1. The third kappa shape index (κ3) is 4.09. The molecule has 8 heteroatoms. The summed E-state index contributed by atoms with van der Waals surface area (Å²) in [6.45, 7) is 2.62. The third-order valence-corrected chi connectivity index (χ3v) is 6.96. The topological polar surface area (TPSA) is 67.8 Å². The summed E-state index contributed by atoms with van der Waals surface area (Å²) >= 11 is 1.67. The average Bonchev–Trinajstić information content (AvgIpc) is 3.33. The number of anilines is 1. The Hall–Kier alpha value is -3.65. The summed E-state index contributed by atoms with van der Waals surface area (Å²) < 4.78 is 10.7. The van der Waals surface area contributed by atoms with Gasteiger partial charge in [-0.3, -0.25) is 4.79 Å². The number of amides is 1. The molecule has 1 aliphatic heterocycles. The lowest BCUT2D eigenvalue weighted by molar-refractivity contribution is 0.0743. The van der Waals surface area contributed by atoms with Crippen LogP contribution in [0.5, 0.6) is 11.5 Å².